The maximum atomic E-state index is 13.2. The molecule has 6 nitrogen and oxygen atoms in total. The Kier molecular flexibility index (Phi) is 4.10. The van der Waals surface area contributed by atoms with Crippen LogP contribution in [0.25, 0.3) is 0 Å². The van der Waals surface area contributed by atoms with Crippen LogP contribution in [0.3, 0.4) is 0 Å². The first-order valence-electron chi connectivity index (χ1n) is 7.39. The van der Waals surface area contributed by atoms with Gasteiger partial charge >= 0.3 is 5.97 Å². The van der Waals surface area contributed by atoms with Crippen LogP contribution in [0.15, 0.2) is 24.3 Å². The first-order chi connectivity index (χ1) is 11.0. The minimum absolute atomic E-state index is 0.247. The van der Waals surface area contributed by atoms with Gasteiger partial charge in [0.1, 0.15) is 18.2 Å². The molecule has 3 N–H and O–H groups in total. The smallest absolute Gasteiger partial charge is 0.322 e. The Balaban J connectivity index is 1.86. The minimum Gasteiger partial charge on any atom is -0.480 e. The summed E-state index contributed by atoms with van der Waals surface area (Å²) in [4.78, 5) is 19.3. The molecule has 0 spiro atoms. The van der Waals surface area contributed by atoms with E-state index in [0.29, 0.717) is 11.7 Å². The summed E-state index contributed by atoms with van der Waals surface area (Å²) in [7, 11) is 0. The molecular formula is C16H17FN4O2. The van der Waals surface area contributed by atoms with E-state index in [1.54, 1.807) is 13.0 Å². The molecule has 1 fully saturated rings. The third-order valence-corrected chi connectivity index (χ3v) is 3.59. The van der Waals surface area contributed by atoms with Gasteiger partial charge in [-0.2, -0.15) is 4.98 Å². The van der Waals surface area contributed by atoms with E-state index in [9.17, 15) is 9.18 Å². The van der Waals surface area contributed by atoms with Crippen molar-refractivity contribution in [1.29, 1.82) is 0 Å². The zero-order valence-electron chi connectivity index (χ0n) is 12.6. The van der Waals surface area contributed by atoms with Crippen molar-refractivity contribution in [3.05, 3.63) is 41.3 Å². The molecule has 120 valence electrons. The molecule has 0 amide bonds. The number of benzene rings is 1. The largest absolute Gasteiger partial charge is 0.480 e. The van der Waals surface area contributed by atoms with Crippen molar-refractivity contribution in [1.82, 2.24) is 9.97 Å². The summed E-state index contributed by atoms with van der Waals surface area (Å²) in [5.74, 6) is -0.0330. The van der Waals surface area contributed by atoms with Gasteiger partial charge < -0.3 is 15.7 Å². The topological polar surface area (TPSA) is 87.1 Å². The van der Waals surface area contributed by atoms with Crippen molar-refractivity contribution in [3.8, 4) is 0 Å². The van der Waals surface area contributed by atoms with Gasteiger partial charge in [0.2, 0.25) is 5.95 Å². The number of carbonyl (C=O) groups is 1. The van der Waals surface area contributed by atoms with Crippen LogP contribution >= 0.6 is 0 Å². The Morgan fingerprint density at radius 3 is 2.78 bits per heavy atom. The molecule has 1 aliphatic rings. The van der Waals surface area contributed by atoms with Gasteiger partial charge in [0.25, 0.3) is 0 Å². The summed E-state index contributed by atoms with van der Waals surface area (Å²) in [6, 6.07) is 6.32. The van der Waals surface area contributed by atoms with E-state index in [4.69, 9.17) is 5.11 Å². The molecule has 1 aromatic carbocycles. The number of nitrogens with zero attached hydrogens (tertiary/aromatic N) is 2. The second-order valence-corrected chi connectivity index (χ2v) is 5.61. The third-order valence-electron chi connectivity index (χ3n) is 3.59. The van der Waals surface area contributed by atoms with E-state index in [-0.39, 0.29) is 18.3 Å². The highest BCUT2D eigenvalue weighted by molar-refractivity contribution is 5.72. The van der Waals surface area contributed by atoms with E-state index in [0.717, 1.165) is 29.8 Å². The van der Waals surface area contributed by atoms with Gasteiger partial charge in [-0.1, -0.05) is 0 Å². The second-order valence-electron chi connectivity index (χ2n) is 5.61. The standard InChI is InChI=1S/C16H17FN4O2/c1-9-6-11(17)4-5-12(9)19-14-7-13(10-2-3-10)20-16(21-14)18-8-15(22)23/h4-7,10H,2-3,8H2,1H3,(H,22,23)(H2,18,19,20,21). The first kappa shape index (κ1) is 15.2. The van der Waals surface area contributed by atoms with E-state index in [1.165, 1.54) is 12.1 Å². The van der Waals surface area contributed by atoms with Crippen molar-refractivity contribution < 1.29 is 14.3 Å². The van der Waals surface area contributed by atoms with Gasteiger partial charge in [0.05, 0.1) is 5.69 Å². The normalized spacial score (nSPS) is 13.7. The predicted octanol–water partition coefficient (Wildman–Crippen LogP) is 3.04. The van der Waals surface area contributed by atoms with Crippen LogP contribution in [0.1, 0.15) is 30.0 Å². The lowest BCUT2D eigenvalue weighted by atomic mass is 10.2. The van der Waals surface area contributed by atoms with Gasteiger partial charge in [0, 0.05) is 17.7 Å². The van der Waals surface area contributed by atoms with Crippen molar-refractivity contribution in [2.24, 2.45) is 0 Å². The highest BCUT2D eigenvalue weighted by Gasteiger charge is 2.26. The van der Waals surface area contributed by atoms with Crippen LogP contribution in [0, 0.1) is 12.7 Å². The SMILES string of the molecule is Cc1cc(F)ccc1Nc1cc(C2CC2)nc(NCC(=O)O)n1. The number of anilines is 3. The minimum atomic E-state index is -0.977. The van der Waals surface area contributed by atoms with Crippen molar-refractivity contribution in [2.75, 3.05) is 17.2 Å². The van der Waals surface area contributed by atoms with Crippen LogP contribution < -0.4 is 10.6 Å². The summed E-state index contributed by atoms with van der Waals surface area (Å²) in [5, 5.41) is 14.6. The number of rotatable bonds is 6. The van der Waals surface area contributed by atoms with Crippen molar-refractivity contribution in [3.63, 3.8) is 0 Å². The highest BCUT2D eigenvalue weighted by Crippen LogP contribution is 2.40. The van der Waals surface area contributed by atoms with Crippen LogP contribution in [0.2, 0.25) is 0 Å². The van der Waals surface area contributed by atoms with Gasteiger partial charge in [-0.05, 0) is 43.5 Å². The summed E-state index contributed by atoms with van der Waals surface area (Å²) >= 11 is 0. The van der Waals surface area contributed by atoms with E-state index in [1.807, 2.05) is 6.07 Å². The molecular weight excluding hydrogens is 299 g/mol. The number of halogens is 1. The molecule has 7 heteroatoms. The van der Waals surface area contributed by atoms with Gasteiger partial charge in [-0.3, -0.25) is 4.79 Å². The van der Waals surface area contributed by atoms with Gasteiger partial charge in [0.15, 0.2) is 0 Å². The third kappa shape index (κ3) is 3.94. The monoisotopic (exact) mass is 316 g/mol. The molecule has 2 aromatic rings. The maximum absolute atomic E-state index is 13.2. The van der Waals surface area contributed by atoms with E-state index in [2.05, 4.69) is 20.6 Å². The number of hydrogen-bond acceptors (Lipinski definition) is 5. The molecule has 0 atom stereocenters. The summed E-state index contributed by atoms with van der Waals surface area (Å²) in [6.07, 6.45) is 2.15. The fraction of sp³-hybridized carbons (Fsp3) is 0.312. The summed E-state index contributed by atoms with van der Waals surface area (Å²) < 4.78 is 13.2. The average Bonchev–Trinajstić information content (AvgIpc) is 3.33. The molecule has 1 aromatic heterocycles. The Bertz CT molecular complexity index is 747. The fourth-order valence-corrected chi connectivity index (χ4v) is 2.26. The number of carboxylic acid groups (broad SMARTS) is 1. The molecule has 0 saturated heterocycles. The van der Waals surface area contributed by atoms with Crippen molar-refractivity contribution in [2.45, 2.75) is 25.7 Å². The number of nitrogens with one attached hydrogen (secondary N) is 2. The molecule has 0 bridgehead atoms. The van der Waals surface area contributed by atoms with Crippen LogP contribution in [-0.2, 0) is 4.79 Å². The maximum Gasteiger partial charge on any atom is 0.322 e. The molecule has 0 aliphatic heterocycles. The lowest BCUT2D eigenvalue weighted by molar-refractivity contribution is -0.134. The molecule has 1 aliphatic carbocycles. The Labute approximate surface area is 132 Å². The molecule has 3 rings (SSSR count). The van der Waals surface area contributed by atoms with Crippen LogP contribution in [-0.4, -0.2) is 27.6 Å². The molecule has 1 heterocycles. The molecule has 23 heavy (non-hydrogen) atoms. The van der Waals surface area contributed by atoms with Crippen LogP contribution in [0.5, 0.6) is 0 Å². The van der Waals surface area contributed by atoms with E-state index < -0.39 is 5.97 Å². The highest BCUT2D eigenvalue weighted by atomic mass is 19.1. The van der Waals surface area contributed by atoms with Gasteiger partial charge in [-0.25, -0.2) is 9.37 Å². The Hall–Kier alpha value is -2.70. The second kappa shape index (κ2) is 6.20. The lowest BCUT2D eigenvalue weighted by Gasteiger charge is -2.12. The molecule has 1 saturated carbocycles. The predicted molar refractivity (Wildman–Crippen MR) is 84.6 cm³/mol. The number of aryl methyl sites for hydroxylation is 1. The molecule has 0 unspecified atom stereocenters. The zero-order chi connectivity index (χ0) is 16.4. The number of hydrogen-bond donors (Lipinski definition) is 3. The Morgan fingerprint density at radius 1 is 1.35 bits per heavy atom. The lowest BCUT2D eigenvalue weighted by Crippen LogP contribution is -2.15. The quantitative estimate of drug-likeness (QED) is 0.759. The zero-order valence-corrected chi connectivity index (χ0v) is 12.6. The first-order valence-corrected chi connectivity index (χ1v) is 7.39. The van der Waals surface area contributed by atoms with Gasteiger partial charge in [-0.15, -0.1) is 0 Å². The fourth-order valence-electron chi connectivity index (χ4n) is 2.26. The number of aromatic nitrogens is 2. The van der Waals surface area contributed by atoms with Crippen molar-refractivity contribution >= 4 is 23.4 Å². The molecule has 0 radical (unpaired) electrons. The van der Waals surface area contributed by atoms with Crippen LogP contribution in [0.4, 0.5) is 21.8 Å². The number of aliphatic carboxylic acids is 1. The average molecular weight is 316 g/mol. The number of carboxylic acids is 1. The van der Waals surface area contributed by atoms with E-state index >= 15 is 0 Å². The Morgan fingerprint density at radius 2 is 2.13 bits per heavy atom. The summed E-state index contributed by atoms with van der Waals surface area (Å²) in [5.41, 5.74) is 2.39. The summed E-state index contributed by atoms with van der Waals surface area (Å²) in [6.45, 7) is 1.56.